The van der Waals surface area contributed by atoms with E-state index in [9.17, 15) is 9.18 Å². The number of nitrogens with one attached hydrogen (secondary N) is 2. The highest BCUT2D eigenvalue weighted by Gasteiger charge is 2.19. The van der Waals surface area contributed by atoms with E-state index in [1.54, 1.807) is 12.3 Å². The Hall–Kier alpha value is -3.65. The normalized spacial score (nSPS) is 11.9. The zero-order valence-corrected chi connectivity index (χ0v) is 25.2. The zero-order valence-electron chi connectivity index (χ0n) is 23.4. The van der Waals surface area contributed by atoms with Crippen LogP contribution in [0.3, 0.4) is 0 Å². The first-order valence-corrected chi connectivity index (χ1v) is 18.0. The number of thiazole rings is 1. The van der Waals surface area contributed by atoms with Gasteiger partial charge in [-0.3, -0.25) is 14.3 Å². The maximum atomic E-state index is 13.9. The standard InChI is InChI=1S/C28H33FN8O2SSi/c1-41(2,3)14-13-39-18-37-22-9-5-4-8-20(22)35-27(37)23(38)16-30-12-10-24-36-25-26(33-17-34-28(25)40-24)32-15-21-19(29)7-6-11-31-21/h4-9,11,17,30H,10,12-16,18H2,1-3H3,(H,32,33,34). The Morgan fingerprint density at radius 2 is 1.95 bits per heavy atom. The summed E-state index contributed by atoms with van der Waals surface area (Å²) in [6.45, 7) is 8.77. The molecule has 0 saturated carbocycles. The molecule has 214 valence electrons. The number of pyridine rings is 1. The number of ketones is 1. The van der Waals surface area contributed by atoms with E-state index in [1.807, 2.05) is 28.8 Å². The molecule has 0 spiro atoms. The molecule has 5 aromatic rings. The number of ether oxygens (including phenoxy) is 1. The molecular formula is C28H33FN8O2SSi. The molecule has 0 unspecified atom stereocenters. The van der Waals surface area contributed by atoms with Gasteiger partial charge in [-0.1, -0.05) is 43.1 Å². The van der Waals surface area contributed by atoms with Crippen LogP contribution in [0.15, 0.2) is 48.9 Å². The van der Waals surface area contributed by atoms with Gasteiger partial charge in [0.15, 0.2) is 11.6 Å². The van der Waals surface area contributed by atoms with E-state index >= 15 is 0 Å². The van der Waals surface area contributed by atoms with Gasteiger partial charge in [-0.15, -0.1) is 0 Å². The van der Waals surface area contributed by atoms with Crippen LogP contribution in [0.5, 0.6) is 0 Å². The number of carbonyl (C=O) groups is 1. The molecule has 0 aliphatic carbocycles. The van der Waals surface area contributed by atoms with Crippen molar-refractivity contribution in [3.05, 3.63) is 71.3 Å². The number of hydrogen-bond acceptors (Lipinski definition) is 10. The number of hydrogen-bond donors (Lipinski definition) is 2. The molecule has 0 aliphatic heterocycles. The van der Waals surface area contributed by atoms with Gasteiger partial charge in [0.05, 0.1) is 34.8 Å². The molecule has 4 aromatic heterocycles. The number of fused-ring (bicyclic) bond motifs is 2. The number of benzene rings is 1. The first kappa shape index (κ1) is 28.9. The summed E-state index contributed by atoms with van der Waals surface area (Å²) >= 11 is 1.46. The zero-order chi connectivity index (χ0) is 28.8. The third-order valence-electron chi connectivity index (χ3n) is 6.42. The molecule has 5 rings (SSSR count). The van der Waals surface area contributed by atoms with Crippen molar-refractivity contribution in [1.82, 2.24) is 34.8 Å². The fourth-order valence-electron chi connectivity index (χ4n) is 4.18. The monoisotopic (exact) mass is 592 g/mol. The molecular weight excluding hydrogens is 560 g/mol. The average Bonchev–Trinajstić information content (AvgIpc) is 3.54. The number of anilines is 1. The van der Waals surface area contributed by atoms with Crippen LogP contribution in [0.4, 0.5) is 10.2 Å². The minimum atomic E-state index is -1.21. The average molecular weight is 593 g/mol. The minimum absolute atomic E-state index is 0.0987. The molecule has 1 aromatic carbocycles. The van der Waals surface area contributed by atoms with Gasteiger partial charge in [0.1, 0.15) is 29.2 Å². The van der Waals surface area contributed by atoms with Crippen LogP contribution in [-0.4, -0.2) is 63.0 Å². The maximum Gasteiger partial charge on any atom is 0.212 e. The van der Waals surface area contributed by atoms with Gasteiger partial charge in [0, 0.05) is 33.8 Å². The van der Waals surface area contributed by atoms with Crippen LogP contribution in [0.25, 0.3) is 21.4 Å². The lowest BCUT2D eigenvalue weighted by atomic mass is 10.3. The van der Waals surface area contributed by atoms with Crippen molar-refractivity contribution in [2.45, 2.75) is 45.4 Å². The highest BCUT2D eigenvalue weighted by atomic mass is 32.1. The van der Waals surface area contributed by atoms with Crippen LogP contribution in [-0.2, 0) is 24.4 Å². The topological polar surface area (TPSA) is 120 Å². The first-order chi connectivity index (χ1) is 19.8. The molecule has 10 nitrogen and oxygen atoms in total. The van der Waals surface area contributed by atoms with Crippen LogP contribution in [0, 0.1) is 5.82 Å². The van der Waals surface area contributed by atoms with Crippen molar-refractivity contribution in [3.8, 4) is 0 Å². The molecule has 0 bridgehead atoms. The van der Waals surface area contributed by atoms with Crippen LogP contribution < -0.4 is 10.6 Å². The number of aromatic nitrogens is 6. The lowest BCUT2D eigenvalue weighted by molar-refractivity contribution is 0.0819. The van der Waals surface area contributed by atoms with Gasteiger partial charge in [-0.05, 0) is 30.3 Å². The lowest BCUT2D eigenvalue weighted by Crippen LogP contribution is -2.27. The summed E-state index contributed by atoms with van der Waals surface area (Å²) in [4.78, 5) is 35.9. The van der Waals surface area contributed by atoms with Crippen LogP contribution in [0.2, 0.25) is 25.7 Å². The van der Waals surface area contributed by atoms with Crippen LogP contribution >= 0.6 is 11.3 Å². The lowest BCUT2D eigenvalue weighted by Gasteiger charge is -2.16. The smallest absolute Gasteiger partial charge is 0.212 e. The van der Waals surface area contributed by atoms with E-state index < -0.39 is 8.07 Å². The van der Waals surface area contributed by atoms with Gasteiger partial charge in [-0.25, -0.2) is 24.3 Å². The van der Waals surface area contributed by atoms with Gasteiger partial charge < -0.3 is 15.4 Å². The number of para-hydroxylation sites is 2. The number of nitrogens with zero attached hydrogens (tertiary/aromatic N) is 6. The summed E-state index contributed by atoms with van der Waals surface area (Å²) in [5.74, 6) is 0.437. The van der Waals surface area contributed by atoms with Crippen molar-refractivity contribution in [1.29, 1.82) is 0 Å². The SMILES string of the molecule is C[Si](C)(C)CCOCn1c(C(=O)CNCCc2nc3c(NCc4ncccc4F)ncnc3s2)nc2ccccc21. The minimum Gasteiger partial charge on any atom is -0.362 e. The molecule has 13 heteroatoms. The second-order valence-electron chi connectivity index (χ2n) is 10.8. The molecule has 0 aliphatic rings. The van der Waals surface area contributed by atoms with Gasteiger partial charge in [0.25, 0.3) is 0 Å². The molecule has 0 radical (unpaired) electrons. The Morgan fingerprint density at radius 1 is 1.10 bits per heavy atom. The Morgan fingerprint density at radius 3 is 2.78 bits per heavy atom. The van der Waals surface area contributed by atoms with E-state index in [0.29, 0.717) is 49.2 Å². The van der Waals surface area contributed by atoms with E-state index in [4.69, 9.17) is 4.74 Å². The van der Waals surface area contributed by atoms with E-state index in [-0.39, 0.29) is 24.7 Å². The highest BCUT2D eigenvalue weighted by molar-refractivity contribution is 7.18. The summed E-state index contributed by atoms with van der Waals surface area (Å²) in [6.07, 6.45) is 3.62. The molecule has 0 amide bonds. The summed E-state index contributed by atoms with van der Waals surface area (Å²) in [7, 11) is -1.21. The van der Waals surface area contributed by atoms with E-state index in [2.05, 4.69) is 55.2 Å². The largest absolute Gasteiger partial charge is 0.362 e. The second kappa shape index (κ2) is 12.9. The summed E-state index contributed by atoms with van der Waals surface area (Å²) in [6, 6.07) is 11.7. The van der Waals surface area contributed by atoms with Gasteiger partial charge in [0.2, 0.25) is 5.78 Å². The van der Waals surface area contributed by atoms with Gasteiger partial charge in [-0.2, -0.15) is 0 Å². The number of Topliss-reactive ketones (excluding diaryl/α,β-unsaturated/α-hetero) is 1. The van der Waals surface area contributed by atoms with Crippen molar-refractivity contribution in [3.63, 3.8) is 0 Å². The predicted molar refractivity (Wildman–Crippen MR) is 161 cm³/mol. The molecule has 0 atom stereocenters. The van der Waals surface area contributed by atoms with Crippen LogP contribution in [0.1, 0.15) is 21.3 Å². The van der Waals surface area contributed by atoms with E-state index in [0.717, 1.165) is 26.9 Å². The molecule has 0 saturated heterocycles. The number of halogens is 1. The Bertz CT molecular complexity index is 1650. The molecule has 41 heavy (non-hydrogen) atoms. The molecule has 0 fully saturated rings. The third-order valence-corrected chi connectivity index (χ3v) is 9.15. The fourth-order valence-corrected chi connectivity index (χ4v) is 5.84. The van der Waals surface area contributed by atoms with Crippen molar-refractivity contribution in [2.24, 2.45) is 0 Å². The van der Waals surface area contributed by atoms with Crippen molar-refractivity contribution in [2.75, 3.05) is 25.0 Å². The molecule has 4 heterocycles. The number of imidazole rings is 1. The van der Waals surface area contributed by atoms with Crippen molar-refractivity contribution >= 4 is 52.4 Å². The van der Waals surface area contributed by atoms with E-state index in [1.165, 1.54) is 23.7 Å². The van der Waals surface area contributed by atoms with Crippen molar-refractivity contribution < 1.29 is 13.9 Å². The number of rotatable bonds is 14. The summed E-state index contributed by atoms with van der Waals surface area (Å²) < 4.78 is 21.8. The predicted octanol–water partition coefficient (Wildman–Crippen LogP) is 4.91. The molecule has 2 N–H and O–H groups in total. The highest BCUT2D eigenvalue weighted by Crippen LogP contribution is 2.25. The summed E-state index contributed by atoms with van der Waals surface area (Å²) in [5, 5.41) is 7.20. The van der Waals surface area contributed by atoms with Gasteiger partial charge >= 0.3 is 0 Å². The summed E-state index contributed by atoms with van der Waals surface area (Å²) in [5.41, 5.74) is 2.59. The number of carbonyl (C=O) groups excluding carboxylic acids is 1. The Kier molecular flexibility index (Phi) is 9.08. The second-order valence-corrected chi connectivity index (χ2v) is 17.5. The quantitative estimate of drug-likeness (QED) is 0.105. The Labute approximate surface area is 242 Å². The first-order valence-electron chi connectivity index (χ1n) is 13.5. The third kappa shape index (κ3) is 7.36. The fraction of sp³-hybridized carbons (Fsp3) is 0.357. The maximum absolute atomic E-state index is 13.9. The Balaban J connectivity index is 1.18.